The molecule has 0 bridgehead atoms. The highest BCUT2D eigenvalue weighted by Crippen LogP contribution is 2.39. The highest BCUT2D eigenvalue weighted by Gasteiger charge is 2.35. The minimum absolute atomic E-state index is 0.0968. The Morgan fingerprint density at radius 1 is 1.15 bits per heavy atom. The van der Waals surface area contributed by atoms with Gasteiger partial charge in [0.25, 0.3) is 5.91 Å². The summed E-state index contributed by atoms with van der Waals surface area (Å²) in [6, 6.07) is 10.2. The predicted molar refractivity (Wildman–Crippen MR) is 144 cm³/mol. The topological polar surface area (TPSA) is 114 Å². The van der Waals surface area contributed by atoms with Crippen molar-refractivity contribution in [2.45, 2.75) is 24.5 Å². The fourth-order valence-electron chi connectivity index (χ4n) is 4.35. The number of alkyl halides is 4. The van der Waals surface area contributed by atoms with Crippen molar-refractivity contribution >= 4 is 46.3 Å². The van der Waals surface area contributed by atoms with Crippen molar-refractivity contribution in [3.8, 4) is 11.3 Å². The second kappa shape index (κ2) is 11.0. The number of nitrogens with two attached hydrogens (primary N) is 1. The molecule has 12 heteroatoms. The van der Waals surface area contributed by atoms with E-state index >= 15 is 0 Å². The maximum Gasteiger partial charge on any atom is 0.420 e. The van der Waals surface area contributed by atoms with Crippen molar-refractivity contribution in [1.82, 2.24) is 20.2 Å². The molecule has 40 heavy (non-hydrogen) atoms. The summed E-state index contributed by atoms with van der Waals surface area (Å²) in [6.45, 7) is 0.854. The largest absolute Gasteiger partial charge is 0.459 e. The molecule has 1 unspecified atom stereocenters. The number of fused-ring (bicyclic) bond motifs is 1. The summed E-state index contributed by atoms with van der Waals surface area (Å²) in [5.41, 5.74) is 5.66. The van der Waals surface area contributed by atoms with Gasteiger partial charge in [0.2, 0.25) is 5.91 Å². The zero-order valence-electron chi connectivity index (χ0n) is 20.9. The molecule has 1 saturated heterocycles. The highest BCUT2D eigenvalue weighted by molar-refractivity contribution is 6.21. The van der Waals surface area contributed by atoms with Crippen LogP contribution in [0.3, 0.4) is 0 Å². The molecular formula is C28H23ClF3N5O3. The Morgan fingerprint density at radius 3 is 2.62 bits per heavy atom. The van der Waals surface area contributed by atoms with Gasteiger partial charge in [0, 0.05) is 42.5 Å². The van der Waals surface area contributed by atoms with E-state index in [1.165, 1.54) is 48.8 Å². The lowest BCUT2D eigenvalue weighted by Crippen LogP contribution is -2.28. The standard InChI is InChI=1S/C28H23ClF3N5O3/c29-20-7-8-37(15-20)27(39)17-3-4-23(34-13-17)18-9-19-10-21(40-26(19)22(11-18)28(30,31)32)14-36-25(38)6-2-16-1-5-24(33)35-12-16/h1-6,9-13,20H,7-8,14-15H2,(H2,33,35)(H,36,38). The zero-order valence-corrected chi connectivity index (χ0v) is 21.7. The molecule has 2 amide bonds. The fraction of sp³-hybridized carbons (Fsp3) is 0.214. The van der Waals surface area contributed by atoms with Gasteiger partial charge < -0.3 is 20.4 Å². The minimum Gasteiger partial charge on any atom is -0.459 e. The molecule has 0 aliphatic carbocycles. The Labute approximate surface area is 231 Å². The predicted octanol–water partition coefficient (Wildman–Crippen LogP) is 5.27. The van der Waals surface area contributed by atoms with E-state index in [1.54, 1.807) is 17.0 Å². The first-order valence-corrected chi connectivity index (χ1v) is 12.7. The molecule has 1 aliphatic heterocycles. The van der Waals surface area contributed by atoms with Gasteiger partial charge >= 0.3 is 6.18 Å². The van der Waals surface area contributed by atoms with E-state index in [0.29, 0.717) is 36.5 Å². The van der Waals surface area contributed by atoms with Crippen LogP contribution in [-0.2, 0) is 17.5 Å². The fourth-order valence-corrected chi connectivity index (χ4v) is 4.61. The van der Waals surface area contributed by atoms with E-state index in [0.717, 1.165) is 6.07 Å². The summed E-state index contributed by atoms with van der Waals surface area (Å²) in [7, 11) is 0. The normalized spacial score (nSPS) is 15.7. The van der Waals surface area contributed by atoms with Crippen LogP contribution in [0.5, 0.6) is 0 Å². The summed E-state index contributed by atoms with van der Waals surface area (Å²) in [5, 5.41) is 2.69. The van der Waals surface area contributed by atoms with Gasteiger partial charge in [0.15, 0.2) is 0 Å². The number of nitrogens with zero attached hydrogens (tertiary/aromatic N) is 3. The number of nitrogen functional groups attached to an aromatic ring is 1. The molecule has 206 valence electrons. The third kappa shape index (κ3) is 6.09. The van der Waals surface area contributed by atoms with Gasteiger partial charge in [-0.25, -0.2) is 4.98 Å². The third-order valence-electron chi connectivity index (χ3n) is 6.37. The number of anilines is 1. The van der Waals surface area contributed by atoms with Crippen LogP contribution >= 0.6 is 11.6 Å². The number of rotatable bonds is 6. The van der Waals surface area contributed by atoms with Gasteiger partial charge in [-0.05, 0) is 60.5 Å². The van der Waals surface area contributed by atoms with Gasteiger partial charge in [-0.15, -0.1) is 11.6 Å². The monoisotopic (exact) mass is 569 g/mol. The number of likely N-dealkylation sites (tertiary alicyclic amines) is 1. The summed E-state index contributed by atoms with van der Waals surface area (Å²) in [4.78, 5) is 34.7. The Balaban J connectivity index is 1.35. The molecular weight excluding hydrogens is 547 g/mol. The van der Waals surface area contributed by atoms with E-state index in [1.807, 2.05) is 0 Å². The Bertz CT molecular complexity index is 1580. The van der Waals surface area contributed by atoms with Crippen molar-refractivity contribution in [3.63, 3.8) is 0 Å². The van der Waals surface area contributed by atoms with Crippen LogP contribution in [0.2, 0.25) is 0 Å². The second-order valence-electron chi connectivity index (χ2n) is 9.29. The molecule has 5 rings (SSSR count). The molecule has 0 saturated carbocycles. The number of nitrogens with one attached hydrogen (secondary N) is 1. The van der Waals surface area contributed by atoms with Crippen LogP contribution in [0.1, 0.15) is 33.7 Å². The maximum atomic E-state index is 14.0. The van der Waals surface area contributed by atoms with Gasteiger partial charge in [0.05, 0.1) is 28.7 Å². The first-order chi connectivity index (χ1) is 19.1. The van der Waals surface area contributed by atoms with Crippen LogP contribution in [0, 0.1) is 0 Å². The van der Waals surface area contributed by atoms with Crippen molar-refractivity contribution in [2.24, 2.45) is 0 Å². The summed E-state index contributed by atoms with van der Waals surface area (Å²) in [6.07, 6.45) is 1.64. The van der Waals surface area contributed by atoms with Crippen LogP contribution in [-0.4, -0.2) is 45.1 Å². The highest BCUT2D eigenvalue weighted by atomic mass is 35.5. The minimum atomic E-state index is -4.70. The number of hydrogen-bond acceptors (Lipinski definition) is 6. The lowest BCUT2D eigenvalue weighted by Gasteiger charge is -2.15. The average Bonchev–Trinajstić information content (AvgIpc) is 3.56. The first-order valence-electron chi connectivity index (χ1n) is 12.3. The van der Waals surface area contributed by atoms with E-state index < -0.39 is 17.6 Å². The second-order valence-corrected chi connectivity index (χ2v) is 9.91. The number of furan rings is 1. The molecule has 3 N–H and O–H groups in total. The van der Waals surface area contributed by atoms with Crippen molar-refractivity contribution in [3.05, 3.63) is 83.4 Å². The van der Waals surface area contributed by atoms with Gasteiger partial charge in [-0.3, -0.25) is 14.6 Å². The van der Waals surface area contributed by atoms with Crippen molar-refractivity contribution in [1.29, 1.82) is 0 Å². The lowest BCUT2D eigenvalue weighted by molar-refractivity contribution is -0.136. The summed E-state index contributed by atoms with van der Waals surface area (Å²) < 4.78 is 47.4. The van der Waals surface area contributed by atoms with Crippen LogP contribution in [0.15, 0.2) is 65.4 Å². The van der Waals surface area contributed by atoms with Gasteiger partial charge in [0.1, 0.15) is 17.2 Å². The average molecular weight is 570 g/mol. The van der Waals surface area contributed by atoms with Crippen LogP contribution in [0.4, 0.5) is 19.0 Å². The number of amides is 2. The number of benzene rings is 1. The summed E-state index contributed by atoms with van der Waals surface area (Å²) >= 11 is 6.08. The van der Waals surface area contributed by atoms with Gasteiger partial charge in [-0.1, -0.05) is 0 Å². The summed E-state index contributed by atoms with van der Waals surface area (Å²) in [5.74, 6) is -0.206. The molecule has 4 heterocycles. The number of halogens is 4. The molecule has 1 fully saturated rings. The molecule has 4 aromatic rings. The lowest BCUT2D eigenvalue weighted by atomic mass is 10.0. The number of carbonyl (C=O) groups excluding carboxylic acids is 2. The van der Waals surface area contributed by atoms with E-state index in [2.05, 4.69) is 15.3 Å². The van der Waals surface area contributed by atoms with Crippen molar-refractivity contribution < 1.29 is 27.2 Å². The molecule has 1 aromatic carbocycles. The number of aromatic nitrogens is 2. The van der Waals surface area contributed by atoms with Crippen LogP contribution < -0.4 is 11.1 Å². The quantitative estimate of drug-likeness (QED) is 0.241. The molecule has 1 aliphatic rings. The SMILES string of the molecule is Nc1ccc(C=CC(=O)NCc2cc3cc(-c4ccc(C(=O)N5CCC(Cl)C5)cn4)cc(C(F)(F)F)c3o2)cn1. The zero-order chi connectivity index (χ0) is 28.4. The smallest absolute Gasteiger partial charge is 0.420 e. The molecule has 0 radical (unpaired) electrons. The molecule has 3 aromatic heterocycles. The van der Waals surface area contributed by atoms with E-state index in [9.17, 15) is 22.8 Å². The Morgan fingerprint density at radius 2 is 1.98 bits per heavy atom. The molecule has 1 atom stereocenters. The van der Waals surface area contributed by atoms with E-state index in [4.69, 9.17) is 21.8 Å². The first kappa shape index (κ1) is 27.2. The van der Waals surface area contributed by atoms with Crippen LogP contribution in [0.25, 0.3) is 28.3 Å². The maximum absolute atomic E-state index is 14.0. The molecule has 0 spiro atoms. The molecule has 8 nitrogen and oxygen atoms in total. The third-order valence-corrected chi connectivity index (χ3v) is 6.73. The van der Waals surface area contributed by atoms with Gasteiger partial charge in [-0.2, -0.15) is 13.2 Å². The Hall–Kier alpha value is -4.38. The van der Waals surface area contributed by atoms with Crippen molar-refractivity contribution in [2.75, 3.05) is 18.8 Å². The number of hydrogen-bond donors (Lipinski definition) is 2. The number of carbonyl (C=O) groups is 2. The Kier molecular flexibility index (Phi) is 7.49. The van der Waals surface area contributed by atoms with E-state index in [-0.39, 0.29) is 45.8 Å². The number of pyridine rings is 2.